The van der Waals surface area contributed by atoms with E-state index in [1.54, 1.807) is 23.2 Å². The highest BCUT2D eigenvalue weighted by atomic mass is 19.4. The molecule has 224 valence electrons. The van der Waals surface area contributed by atoms with Gasteiger partial charge in [-0.05, 0) is 66.8 Å². The second-order valence-electron chi connectivity index (χ2n) is 10.5. The Bertz CT molecular complexity index is 1310. The molecule has 0 atom stereocenters. The number of pyridine rings is 1. The van der Waals surface area contributed by atoms with Gasteiger partial charge >= 0.3 is 6.36 Å². The van der Waals surface area contributed by atoms with Crippen LogP contribution >= 0.6 is 0 Å². The Kier molecular flexibility index (Phi) is 10.3. The lowest BCUT2D eigenvalue weighted by Crippen LogP contribution is -2.42. The monoisotopic (exact) mass is 583 g/mol. The maximum absolute atomic E-state index is 12.7. The second kappa shape index (κ2) is 14.1. The molecular formula is C31H36F3N5O3. The Morgan fingerprint density at radius 2 is 1.62 bits per heavy atom. The SMILES string of the molecule is CN(C)c1ccc(CCNC(=O)CCC(=O)N2CCC(Nc3ccc(-c4ccc(OC(F)(F)F)cc4)cn3)CC2)cc1. The molecule has 2 amide bonds. The highest BCUT2D eigenvalue weighted by molar-refractivity contribution is 5.83. The van der Waals surface area contributed by atoms with Crippen LogP contribution in [0.1, 0.15) is 31.2 Å². The number of nitrogens with zero attached hydrogens (tertiary/aromatic N) is 3. The Balaban J connectivity index is 1.13. The van der Waals surface area contributed by atoms with E-state index in [1.807, 2.05) is 43.3 Å². The third-order valence-corrected chi connectivity index (χ3v) is 7.14. The van der Waals surface area contributed by atoms with Crippen LogP contribution in [0.15, 0.2) is 66.9 Å². The summed E-state index contributed by atoms with van der Waals surface area (Å²) in [7, 11) is 3.98. The largest absolute Gasteiger partial charge is 0.573 e. The lowest BCUT2D eigenvalue weighted by molar-refractivity contribution is -0.274. The Labute approximate surface area is 243 Å². The topological polar surface area (TPSA) is 86.8 Å². The average Bonchev–Trinajstić information content (AvgIpc) is 2.96. The van der Waals surface area contributed by atoms with Crippen LogP contribution in [0.3, 0.4) is 0 Å². The molecule has 42 heavy (non-hydrogen) atoms. The lowest BCUT2D eigenvalue weighted by Gasteiger charge is -2.32. The first-order valence-corrected chi connectivity index (χ1v) is 14.0. The minimum absolute atomic E-state index is 0.0167. The maximum atomic E-state index is 12.7. The number of alkyl halides is 3. The second-order valence-corrected chi connectivity index (χ2v) is 10.5. The number of benzene rings is 2. The molecule has 2 aromatic carbocycles. The van der Waals surface area contributed by atoms with Gasteiger partial charge in [-0.1, -0.05) is 24.3 Å². The van der Waals surface area contributed by atoms with E-state index < -0.39 is 6.36 Å². The fourth-order valence-electron chi connectivity index (χ4n) is 4.76. The summed E-state index contributed by atoms with van der Waals surface area (Å²) in [6, 6.07) is 17.7. The van der Waals surface area contributed by atoms with Crippen LogP contribution in [0.2, 0.25) is 0 Å². The number of carbonyl (C=O) groups is 2. The Morgan fingerprint density at radius 3 is 2.21 bits per heavy atom. The third-order valence-electron chi connectivity index (χ3n) is 7.14. The van der Waals surface area contributed by atoms with Gasteiger partial charge in [-0.25, -0.2) is 4.98 Å². The van der Waals surface area contributed by atoms with Gasteiger partial charge in [-0.15, -0.1) is 13.2 Å². The van der Waals surface area contributed by atoms with E-state index in [-0.39, 0.29) is 36.4 Å². The van der Waals surface area contributed by atoms with E-state index in [0.717, 1.165) is 41.6 Å². The highest BCUT2D eigenvalue weighted by Gasteiger charge is 2.31. The van der Waals surface area contributed by atoms with E-state index in [0.29, 0.717) is 25.5 Å². The molecule has 0 unspecified atom stereocenters. The summed E-state index contributed by atoms with van der Waals surface area (Å²) in [5, 5.41) is 6.29. The third kappa shape index (κ3) is 9.39. The number of aromatic nitrogens is 1. The van der Waals surface area contributed by atoms with Gasteiger partial charge in [0.1, 0.15) is 11.6 Å². The van der Waals surface area contributed by atoms with E-state index in [1.165, 1.54) is 12.1 Å². The summed E-state index contributed by atoms with van der Waals surface area (Å²) in [6.45, 7) is 1.74. The molecule has 1 saturated heterocycles. The first-order chi connectivity index (χ1) is 20.1. The van der Waals surface area contributed by atoms with E-state index in [2.05, 4.69) is 32.5 Å². The fourth-order valence-corrected chi connectivity index (χ4v) is 4.76. The molecular weight excluding hydrogens is 547 g/mol. The number of rotatable bonds is 11. The van der Waals surface area contributed by atoms with Crippen LogP contribution < -0.4 is 20.3 Å². The van der Waals surface area contributed by atoms with Crippen molar-refractivity contribution in [3.63, 3.8) is 0 Å². The van der Waals surface area contributed by atoms with Crippen molar-refractivity contribution in [2.45, 2.75) is 44.5 Å². The molecule has 3 aromatic rings. The predicted octanol–water partition coefficient (Wildman–Crippen LogP) is 5.26. The van der Waals surface area contributed by atoms with Crippen LogP contribution in [0.25, 0.3) is 11.1 Å². The van der Waals surface area contributed by atoms with Gasteiger partial charge in [0.15, 0.2) is 0 Å². The first kappa shape index (κ1) is 30.7. The highest BCUT2D eigenvalue weighted by Crippen LogP contribution is 2.27. The fraction of sp³-hybridized carbons (Fsp3) is 0.387. The van der Waals surface area contributed by atoms with Crippen molar-refractivity contribution in [2.24, 2.45) is 0 Å². The normalized spacial score (nSPS) is 13.9. The van der Waals surface area contributed by atoms with Crippen molar-refractivity contribution in [1.82, 2.24) is 15.2 Å². The van der Waals surface area contributed by atoms with Gasteiger partial charge in [0.05, 0.1) is 0 Å². The molecule has 1 fully saturated rings. The summed E-state index contributed by atoms with van der Waals surface area (Å²) >= 11 is 0. The number of likely N-dealkylation sites (tertiary alicyclic amines) is 1. The molecule has 1 aromatic heterocycles. The molecule has 2 heterocycles. The van der Waals surface area contributed by atoms with E-state index in [9.17, 15) is 22.8 Å². The zero-order valence-electron chi connectivity index (χ0n) is 23.8. The minimum atomic E-state index is -4.73. The molecule has 0 aliphatic carbocycles. The zero-order chi connectivity index (χ0) is 30.1. The number of ether oxygens (including phenoxy) is 1. The number of hydrogen-bond acceptors (Lipinski definition) is 6. The quantitative estimate of drug-likeness (QED) is 0.321. The van der Waals surface area contributed by atoms with E-state index in [4.69, 9.17) is 0 Å². The molecule has 8 nitrogen and oxygen atoms in total. The minimum Gasteiger partial charge on any atom is -0.406 e. The molecule has 0 bridgehead atoms. The molecule has 4 rings (SSSR count). The Morgan fingerprint density at radius 1 is 0.952 bits per heavy atom. The predicted molar refractivity (Wildman–Crippen MR) is 156 cm³/mol. The number of anilines is 2. The van der Waals surface area contributed by atoms with Crippen molar-refractivity contribution < 1.29 is 27.5 Å². The van der Waals surface area contributed by atoms with Gasteiger partial charge in [0.25, 0.3) is 0 Å². The molecule has 0 saturated carbocycles. The summed E-state index contributed by atoms with van der Waals surface area (Å²) in [6.07, 6.45) is -0.454. The van der Waals surface area contributed by atoms with Crippen LogP contribution in [0.5, 0.6) is 5.75 Å². The van der Waals surface area contributed by atoms with Crippen LogP contribution in [0.4, 0.5) is 24.7 Å². The van der Waals surface area contributed by atoms with Gasteiger partial charge in [-0.2, -0.15) is 0 Å². The van der Waals surface area contributed by atoms with Gasteiger partial charge in [0.2, 0.25) is 11.8 Å². The first-order valence-electron chi connectivity index (χ1n) is 14.0. The number of nitrogens with one attached hydrogen (secondary N) is 2. The van der Waals surface area contributed by atoms with Crippen molar-refractivity contribution in [3.05, 3.63) is 72.4 Å². The molecule has 2 N–H and O–H groups in total. The number of piperidine rings is 1. The molecule has 1 aliphatic rings. The molecule has 11 heteroatoms. The number of amides is 2. The average molecular weight is 584 g/mol. The van der Waals surface area contributed by atoms with Gasteiger partial charge in [0, 0.05) is 70.1 Å². The maximum Gasteiger partial charge on any atom is 0.573 e. The zero-order valence-corrected chi connectivity index (χ0v) is 23.8. The number of hydrogen-bond donors (Lipinski definition) is 2. The summed E-state index contributed by atoms with van der Waals surface area (Å²) < 4.78 is 41.0. The van der Waals surface area contributed by atoms with Gasteiger partial charge in [-0.3, -0.25) is 9.59 Å². The van der Waals surface area contributed by atoms with Crippen LogP contribution in [-0.2, 0) is 16.0 Å². The van der Waals surface area contributed by atoms with Crippen molar-refractivity contribution in [3.8, 4) is 16.9 Å². The molecule has 1 aliphatic heterocycles. The van der Waals surface area contributed by atoms with Gasteiger partial charge < -0.3 is 25.2 Å². The summed E-state index contributed by atoms with van der Waals surface area (Å²) in [5.74, 6) is 0.274. The van der Waals surface area contributed by atoms with Crippen molar-refractivity contribution in [2.75, 3.05) is 43.9 Å². The molecule has 0 radical (unpaired) electrons. The van der Waals surface area contributed by atoms with Crippen molar-refractivity contribution >= 4 is 23.3 Å². The Hall–Kier alpha value is -4.28. The smallest absolute Gasteiger partial charge is 0.406 e. The molecule has 0 spiro atoms. The van der Waals surface area contributed by atoms with E-state index >= 15 is 0 Å². The van der Waals surface area contributed by atoms with Crippen molar-refractivity contribution in [1.29, 1.82) is 0 Å². The number of carbonyl (C=O) groups excluding carboxylic acids is 2. The van der Waals surface area contributed by atoms with Crippen LogP contribution in [0, 0.1) is 0 Å². The standard InChI is InChI=1S/C31H36F3N5O3/c1-38(2)26-8-3-22(4-9-26)15-18-35-29(40)13-14-30(41)39-19-16-25(17-20-39)37-28-12-7-24(21-36-28)23-5-10-27(11-6-23)42-31(32,33)34/h3-12,21,25H,13-20H2,1-2H3,(H,35,40)(H,36,37). The summed E-state index contributed by atoms with van der Waals surface area (Å²) in [5.41, 5.74) is 3.76. The lowest BCUT2D eigenvalue weighted by atomic mass is 10.0. The van der Waals surface area contributed by atoms with Crippen LogP contribution in [-0.4, -0.2) is 67.8 Å². The number of halogens is 3. The summed E-state index contributed by atoms with van der Waals surface area (Å²) in [4.78, 5) is 33.2.